The first kappa shape index (κ1) is 16.0. The van der Waals surface area contributed by atoms with Gasteiger partial charge in [0.15, 0.2) is 0 Å². The van der Waals surface area contributed by atoms with E-state index in [2.05, 4.69) is 5.32 Å². The van der Waals surface area contributed by atoms with Gasteiger partial charge in [-0.05, 0) is 26.3 Å². The average molecular weight is 262 g/mol. The smallest absolute Gasteiger partial charge is 0.407 e. The predicted molar refractivity (Wildman–Crippen MR) is 69.2 cm³/mol. The van der Waals surface area contributed by atoms with Gasteiger partial charge in [0.25, 0.3) is 0 Å². The lowest BCUT2D eigenvalue weighted by molar-refractivity contribution is 0.00791. The summed E-state index contributed by atoms with van der Waals surface area (Å²) < 4.78 is 10.5. The molecule has 0 radical (unpaired) electrons. The van der Waals surface area contributed by atoms with Gasteiger partial charge in [-0.3, -0.25) is 0 Å². The zero-order valence-corrected chi connectivity index (χ0v) is 11.7. The SMILES string of the molecule is C/C=C\C(=C(/C)Cl)[C@@H](OC)[C@@H](C)OC(=O)NC. The first-order valence-corrected chi connectivity index (χ1v) is 5.75. The fraction of sp³-hybridized carbons (Fsp3) is 0.583. The van der Waals surface area contributed by atoms with Crippen LogP contribution in [-0.4, -0.2) is 32.5 Å². The van der Waals surface area contributed by atoms with Crippen LogP contribution < -0.4 is 5.32 Å². The minimum Gasteiger partial charge on any atom is -0.443 e. The molecule has 0 saturated carbocycles. The summed E-state index contributed by atoms with van der Waals surface area (Å²) in [5, 5.41) is 3.00. The second kappa shape index (κ2) is 8.14. The van der Waals surface area contributed by atoms with Crippen LogP contribution in [0.5, 0.6) is 0 Å². The van der Waals surface area contributed by atoms with Crippen molar-refractivity contribution in [1.29, 1.82) is 0 Å². The van der Waals surface area contributed by atoms with Crippen LogP contribution in [0, 0.1) is 0 Å². The van der Waals surface area contributed by atoms with Crippen molar-refractivity contribution in [2.24, 2.45) is 0 Å². The van der Waals surface area contributed by atoms with Crippen molar-refractivity contribution < 1.29 is 14.3 Å². The molecule has 2 atom stereocenters. The number of carbonyl (C=O) groups excluding carboxylic acids is 1. The molecule has 0 spiro atoms. The van der Waals surface area contributed by atoms with E-state index in [1.807, 2.05) is 19.1 Å². The molecule has 0 aliphatic carbocycles. The molecule has 4 nitrogen and oxygen atoms in total. The first-order valence-electron chi connectivity index (χ1n) is 5.38. The third-order valence-corrected chi connectivity index (χ3v) is 2.45. The lowest BCUT2D eigenvalue weighted by atomic mass is 10.0. The molecule has 98 valence electrons. The second-order valence-electron chi connectivity index (χ2n) is 3.51. The maximum absolute atomic E-state index is 11.1. The molecule has 0 aromatic carbocycles. The van der Waals surface area contributed by atoms with Crippen molar-refractivity contribution in [3.8, 4) is 0 Å². The maximum Gasteiger partial charge on any atom is 0.407 e. The highest BCUT2D eigenvalue weighted by Crippen LogP contribution is 2.21. The lowest BCUT2D eigenvalue weighted by Crippen LogP contribution is -2.34. The van der Waals surface area contributed by atoms with Gasteiger partial charge < -0.3 is 14.8 Å². The van der Waals surface area contributed by atoms with E-state index in [1.54, 1.807) is 21.0 Å². The third-order valence-electron chi connectivity index (χ3n) is 2.23. The normalized spacial score (nSPS) is 16.4. The van der Waals surface area contributed by atoms with Crippen LogP contribution in [-0.2, 0) is 9.47 Å². The summed E-state index contributed by atoms with van der Waals surface area (Å²) >= 11 is 6.00. The van der Waals surface area contributed by atoms with Crippen molar-refractivity contribution in [3.63, 3.8) is 0 Å². The number of alkyl carbamates (subject to hydrolysis) is 1. The number of carbonyl (C=O) groups is 1. The molecule has 0 bridgehead atoms. The van der Waals surface area contributed by atoms with Gasteiger partial charge in [0.2, 0.25) is 0 Å². The Labute approximate surface area is 108 Å². The Bertz CT molecular complexity index is 309. The summed E-state index contributed by atoms with van der Waals surface area (Å²) in [6, 6.07) is 0. The molecule has 0 fully saturated rings. The van der Waals surface area contributed by atoms with Crippen LogP contribution in [0.4, 0.5) is 4.79 Å². The summed E-state index contributed by atoms with van der Waals surface area (Å²) in [4.78, 5) is 11.1. The van der Waals surface area contributed by atoms with Crippen molar-refractivity contribution in [3.05, 3.63) is 22.8 Å². The minimum atomic E-state index is -0.494. The molecule has 0 rings (SSSR count). The summed E-state index contributed by atoms with van der Waals surface area (Å²) in [5.74, 6) is 0. The number of hydrogen-bond acceptors (Lipinski definition) is 3. The van der Waals surface area contributed by atoms with E-state index in [-0.39, 0.29) is 6.10 Å². The van der Waals surface area contributed by atoms with Gasteiger partial charge in [-0.2, -0.15) is 0 Å². The van der Waals surface area contributed by atoms with Crippen molar-refractivity contribution in [1.82, 2.24) is 5.32 Å². The number of nitrogens with one attached hydrogen (secondary N) is 1. The topological polar surface area (TPSA) is 47.6 Å². The molecule has 1 amide bonds. The van der Waals surface area contributed by atoms with Crippen LogP contribution in [0.2, 0.25) is 0 Å². The molecule has 0 unspecified atom stereocenters. The number of rotatable bonds is 5. The average Bonchev–Trinajstić information content (AvgIpc) is 2.28. The Kier molecular flexibility index (Phi) is 7.66. The number of methoxy groups -OCH3 is 1. The minimum absolute atomic E-state index is 0.388. The molecule has 0 aliphatic heterocycles. The zero-order chi connectivity index (χ0) is 13.4. The van der Waals surface area contributed by atoms with Crippen LogP contribution in [0.1, 0.15) is 20.8 Å². The van der Waals surface area contributed by atoms with Crippen molar-refractivity contribution >= 4 is 17.7 Å². The van der Waals surface area contributed by atoms with E-state index >= 15 is 0 Å². The van der Waals surface area contributed by atoms with Crippen molar-refractivity contribution in [2.75, 3.05) is 14.2 Å². The number of amides is 1. The molecule has 0 heterocycles. The number of allylic oxidation sites excluding steroid dienone is 2. The molecule has 0 saturated heterocycles. The van der Waals surface area contributed by atoms with E-state index in [1.165, 1.54) is 7.05 Å². The number of ether oxygens (including phenoxy) is 2. The van der Waals surface area contributed by atoms with E-state index < -0.39 is 12.2 Å². The molecule has 17 heavy (non-hydrogen) atoms. The molecule has 1 N–H and O–H groups in total. The monoisotopic (exact) mass is 261 g/mol. The van der Waals surface area contributed by atoms with E-state index in [4.69, 9.17) is 21.1 Å². The van der Waals surface area contributed by atoms with Gasteiger partial charge in [-0.15, -0.1) is 0 Å². The quantitative estimate of drug-likeness (QED) is 0.774. The third kappa shape index (κ3) is 5.24. The lowest BCUT2D eigenvalue weighted by Gasteiger charge is -2.24. The fourth-order valence-electron chi connectivity index (χ4n) is 1.45. The summed E-state index contributed by atoms with van der Waals surface area (Å²) in [5.41, 5.74) is 0.799. The van der Waals surface area contributed by atoms with Gasteiger partial charge in [0.1, 0.15) is 12.2 Å². The van der Waals surface area contributed by atoms with E-state index in [0.717, 1.165) is 5.57 Å². The number of halogens is 1. The van der Waals surface area contributed by atoms with E-state index in [0.29, 0.717) is 5.03 Å². The van der Waals surface area contributed by atoms with Crippen molar-refractivity contribution in [2.45, 2.75) is 33.0 Å². The van der Waals surface area contributed by atoms with Gasteiger partial charge >= 0.3 is 6.09 Å². The summed E-state index contributed by atoms with van der Waals surface area (Å²) in [7, 11) is 3.06. The van der Waals surface area contributed by atoms with Crippen LogP contribution >= 0.6 is 11.6 Å². The number of hydrogen-bond donors (Lipinski definition) is 1. The molecule has 0 aromatic rings. The zero-order valence-electron chi connectivity index (χ0n) is 10.9. The van der Waals surface area contributed by atoms with Gasteiger partial charge in [0, 0.05) is 19.2 Å². The summed E-state index contributed by atoms with van der Waals surface area (Å²) in [6.07, 6.45) is 2.40. The first-order chi connectivity index (χ1) is 7.97. The highest BCUT2D eigenvalue weighted by atomic mass is 35.5. The van der Waals surface area contributed by atoms with Crippen LogP contribution in [0.3, 0.4) is 0 Å². The fourth-order valence-corrected chi connectivity index (χ4v) is 1.62. The summed E-state index contributed by atoms with van der Waals surface area (Å²) in [6.45, 7) is 5.42. The molecule has 5 heteroatoms. The Hall–Kier alpha value is -1.00. The Morgan fingerprint density at radius 1 is 1.47 bits per heavy atom. The Morgan fingerprint density at radius 3 is 2.41 bits per heavy atom. The predicted octanol–water partition coefficient (Wildman–Crippen LogP) is 2.83. The van der Waals surface area contributed by atoms with E-state index in [9.17, 15) is 4.79 Å². The van der Waals surface area contributed by atoms with Gasteiger partial charge in [-0.25, -0.2) is 4.79 Å². The van der Waals surface area contributed by atoms with Crippen LogP contribution in [0.25, 0.3) is 0 Å². The molecular formula is C12H20ClNO3. The molecule has 0 aliphatic rings. The second-order valence-corrected chi connectivity index (χ2v) is 4.07. The Balaban J connectivity index is 4.92. The molecular weight excluding hydrogens is 242 g/mol. The van der Waals surface area contributed by atoms with Gasteiger partial charge in [-0.1, -0.05) is 23.8 Å². The molecule has 0 aromatic heterocycles. The largest absolute Gasteiger partial charge is 0.443 e. The van der Waals surface area contributed by atoms with Gasteiger partial charge in [0.05, 0.1) is 0 Å². The highest BCUT2D eigenvalue weighted by Gasteiger charge is 2.24. The Morgan fingerprint density at radius 2 is 2.06 bits per heavy atom. The maximum atomic E-state index is 11.1. The standard InChI is InChI=1S/C12H20ClNO3/c1-6-7-10(8(2)13)11(16-5)9(3)17-12(15)14-4/h6-7,9,11H,1-5H3,(H,14,15)/b7-6-,10-8-/t9-,11+/m1/s1. The van der Waals surface area contributed by atoms with Crippen LogP contribution in [0.15, 0.2) is 22.8 Å². The highest BCUT2D eigenvalue weighted by molar-refractivity contribution is 6.29.